The molecule has 3 atom stereocenters. The quantitative estimate of drug-likeness (QED) is 0.213. The minimum atomic E-state index is -0.0618. The smallest absolute Gasteiger partial charge is 0.212 e. The molecule has 1 fully saturated rings. The van der Waals surface area contributed by atoms with E-state index in [1.54, 1.807) is 29.8 Å². The molecule has 1 aliphatic heterocycles. The number of nitrogens with zero attached hydrogens (tertiary/aromatic N) is 4. The van der Waals surface area contributed by atoms with Gasteiger partial charge in [-0.15, -0.1) is 20.6 Å². The highest BCUT2D eigenvalue weighted by Gasteiger charge is 2.38. The first kappa shape index (κ1) is 24.8. The van der Waals surface area contributed by atoms with Gasteiger partial charge in [-0.05, 0) is 39.2 Å². The monoisotopic (exact) mass is 556 g/mol. The van der Waals surface area contributed by atoms with Gasteiger partial charge in [-0.25, -0.2) is 14.5 Å². The molecule has 0 N–H and O–H groups in total. The van der Waals surface area contributed by atoms with E-state index in [4.69, 9.17) is 28.6 Å². The molecule has 5 aromatic rings. The largest absolute Gasteiger partial charge is 0.496 e. The number of aryl methyl sites for hydroxylation is 1. The third-order valence-electron chi connectivity index (χ3n) is 6.57. The summed E-state index contributed by atoms with van der Waals surface area (Å²) in [5.41, 5.74) is 2.31. The number of imidazole rings is 1. The fraction of sp³-hybridized carbons (Fsp3) is 0.423. The van der Waals surface area contributed by atoms with E-state index >= 15 is 0 Å². The molecule has 1 saturated heterocycles. The Morgan fingerprint density at radius 1 is 1.19 bits per heavy atom. The first-order chi connectivity index (χ1) is 17.8. The Kier molecular flexibility index (Phi) is 6.47. The molecule has 0 aliphatic carbocycles. The van der Waals surface area contributed by atoms with Crippen molar-refractivity contribution in [2.24, 2.45) is 0 Å². The molecule has 0 saturated carbocycles. The van der Waals surface area contributed by atoms with Crippen LogP contribution in [0.2, 0.25) is 0 Å². The SMILES string of the molecule is CCc1nn2cc(-c3cc4c(OCc5csc(C6(P)CC(C)OC(C)C6)n5)cc(OC)cc4o3)nc2s1. The minimum absolute atomic E-state index is 0.0618. The lowest BCUT2D eigenvalue weighted by molar-refractivity contribution is -0.0448. The Bertz CT molecular complexity index is 1530. The first-order valence-corrected chi connectivity index (χ1v) is 14.6. The van der Waals surface area contributed by atoms with E-state index < -0.39 is 0 Å². The Morgan fingerprint density at radius 3 is 2.73 bits per heavy atom. The number of benzene rings is 1. The molecule has 1 aliphatic rings. The second kappa shape index (κ2) is 9.66. The zero-order valence-electron chi connectivity index (χ0n) is 21.2. The summed E-state index contributed by atoms with van der Waals surface area (Å²) in [5.74, 6) is 2.00. The summed E-state index contributed by atoms with van der Waals surface area (Å²) in [6, 6.07) is 5.71. The summed E-state index contributed by atoms with van der Waals surface area (Å²) in [6.07, 6.45) is 5.07. The highest BCUT2D eigenvalue weighted by Crippen LogP contribution is 2.46. The van der Waals surface area contributed by atoms with E-state index in [-0.39, 0.29) is 17.4 Å². The summed E-state index contributed by atoms with van der Waals surface area (Å²) in [7, 11) is 4.68. The average molecular weight is 557 g/mol. The highest BCUT2D eigenvalue weighted by molar-refractivity contribution is 7.21. The molecular weight excluding hydrogens is 527 g/mol. The fourth-order valence-electron chi connectivity index (χ4n) is 4.98. The first-order valence-electron chi connectivity index (χ1n) is 12.3. The summed E-state index contributed by atoms with van der Waals surface area (Å²) in [4.78, 5) is 10.5. The van der Waals surface area contributed by atoms with Crippen LogP contribution in [0.1, 0.15) is 49.3 Å². The number of methoxy groups -OCH3 is 1. The number of rotatable bonds is 7. The molecule has 0 radical (unpaired) electrons. The number of hydrogen-bond acceptors (Lipinski definition) is 9. The average Bonchev–Trinajstić information content (AvgIpc) is 3.63. The van der Waals surface area contributed by atoms with Gasteiger partial charge in [-0.1, -0.05) is 18.3 Å². The van der Waals surface area contributed by atoms with Crippen molar-refractivity contribution < 1.29 is 18.6 Å². The van der Waals surface area contributed by atoms with Crippen molar-refractivity contribution in [1.82, 2.24) is 19.6 Å². The van der Waals surface area contributed by atoms with Gasteiger partial charge in [-0.3, -0.25) is 0 Å². The maximum atomic E-state index is 6.28. The van der Waals surface area contributed by atoms with Gasteiger partial charge in [0.15, 0.2) is 5.76 Å². The number of ether oxygens (including phenoxy) is 3. The lowest BCUT2D eigenvalue weighted by Crippen LogP contribution is -2.37. The third-order valence-corrected chi connectivity index (χ3v) is 9.70. The molecule has 0 spiro atoms. The maximum absolute atomic E-state index is 6.28. The number of hydrogen-bond donors (Lipinski definition) is 0. The molecule has 11 heteroatoms. The molecular formula is C26H29N4O4PS2. The van der Waals surface area contributed by atoms with E-state index in [0.29, 0.717) is 29.4 Å². The molecule has 194 valence electrons. The molecule has 8 nitrogen and oxygen atoms in total. The van der Waals surface area contributed by atoms with Crippen LogP contribution in [0.3, 0.4) is 0 Å². The van der Waals surface area contributed by atoms with Crippen LogP contribution in [0.4, 0.5) is 0 Å². The lowest BCUT2D eigenvalue weighted by atomic mass is 9.92. The number of thiazole rings is 1. The summed E-state index contributed by atoms with van der Waals surface area (Å²) in [5, 5.41) is 9.61. The summed E-state index contributed by atoms with van der Waals surface area (Å²) in [6.45, 7) is 6.70. The lowest BCUT2D eigenvalue weighted by Gasteiger charge is -2.38. The normalized spacial score (nSPS) is 22.2. The van der Waals surface area contributed by atoms with Crippen LogP contribution in [0.25, 0.3) is 27.4 Å². The van der Waals surface area contributed by atoms with Gasteiger partial charge in [0, 0.05) is 22.7 Å². The predicted molar refractivity (Wildman–Crippen MR) is 149 cm³/mol. The van der Waals surface area contributed by atoms with Crippen molar-refractivity contribution in [2.45, 2.75) is 64.0 Å². The molecule has 1 aromatic carbocycles. The van der Waals surface area contributed by atoms with Crippen LogP contribution in [-0.4, -0.2) is 38.9 Å². The van der Waals surface area contributed by atoms with Gasteiger partial charge in [0.05, 0.1) is 36.6 Å². The third kappa shape index (κ3) is 4.76. The van der Waals surface area contributed by atoms with E-state index in [9.17, 15) is 0 Å². The second-order valence-corrected chi connectivity index (χ2v) is 12.6. The molecule has 6 rings (SSSR count). The highest BCUT2D eigenvalue weighted by atomic mass is 32.1. The van der Waals surface area contributed by atoms with Crippen molar-refractivity contribution in [3.63, 3.8) is 0 Å². The Labute approximate surface area is 225 Å². The van der Waals surface area contributed by atoms with Crippen LogP contribution in [0.15, 0.2) is 34.2 Å². The van der Waals surface area contributed by atoms with Gasteiger partial charge in [0.2, 0.25) is 4.96 Å². The van der Waals surface area contributed by atoms with E-state index in [1.807, 2.05) is 28.9 Å². The Morgan fingerprint density at radius 2 is 2.00 bits per heavy atom. The van der Waals surface area contributed by atoms with Crippen LogP contribution >= 0.6 is 31.9 Å². The summed E-state index contributed by atoms with van der Waals surface area (Å²) < 4.78 is 25.7. The van der Waals surface area contributed by atoms with Gasteiger partial charge >= 0.3 is 0 Å². The van der Waals surface area contributed by atoms with E-state index in [1.165, 1.54) is 0 Å². The van der Waals surface area contributed by atoms with E-state index in [2.05, 4.69) is 40.5 Å². The van der Waals surface area contributed by atoms with E-state index in [0.717, 1.165) is 51.0 Å². The van der Waals surface area contributed by atoms with Crippen LogP contribution in [0.5, 0.6) is 11.5 Å². The van der Waals surface area contributed by atoms with Crippen molar-refractivity contribution >= 4 is 47.8 Å². The molecule has 0 bridgehead atoms. The number of fused-ring (bicyclic) bond motifs is 2. The van der Waals surface area contributed by atoms with Crippen molar-refractivity contribution in [3.05, 3.63) is 45.5 Å². The van der Waals surface area contributed by atoms with Gasteiger partial charge in [0.1, 0.15) is 39.4 Å². The fourth-order valence-corrected chi connectivity index (χ4v) is 7.67. The van der Waals surface area contributed by atoms with Gasteiger partial charge in [-0.2, -0.15) is 5.10 Å². The zero-order valence-corrected chi connectivity index (χ0v) is 24.0. The standard InChI is InChI=1S/C26H29N4O4PS2/c1-5-23-29-30-11-19(28-25(30)37-23)22-8-18-20(6-17(31-4)7-21(18)34-22)32-12-16-13-36-24(27-16)26(35)9-14(2)33-15(3)10-26/h6-8,11,13-15H,5,9-10,12,35H2,1-4H3. The number of aromatic nitrogens is 4. The predicted octanol–water partition coefficient (Wildman–Crippen LogP) is 6.47. The molecule has 5 heterocycles. The molecule has 4 aromatic heterocycles. The molecule has 37 heavy (non-hydrogen) atoms. The Balaban J connectivity index is 1.26. The topological polar surface area (TPSA) is 83.9 Å². The Hall–Kier alpha value is -2.52. The van der Waals surface area contributed by atoms with Crippen LogP contribution in [-0.2, 0) is 22.9 Å². The van der Waals surface area contributed by atoms with Crippen LogP contribution < -0.4 is 9.47 Å². The van der Waals surface area contributed by atoms with Crippen molar-refractivity contribution in [1.29, 1.82) is 0 Å². The number of furan rings is 1. The summed E-state index contributed by atoms with van der Waals surface area (Å²) >= 11 is 3.27. The van der Waals surface area contributed by atoms with Gasteiger partial charge in [0.25, 0.3) is 0 Å². The van der Waals surface area contributed by atoms with Crippen LogP contribution in [0, 0.1) is 0 Å². The zero-order chi connectivity index (χ0) is 25.7. The van der Waals surface area contributed by atoms with Crippen molar-refractivity contribution in [3.8, 4) is 23.0 Å². The maximum Gasteiger partial charge on any atom is 0.212 e. The second-order valence-electron chi connectivity index (χ2n) is 9.61. The van der Waals surface area contributed by atoms with Crippen molar-refractivity contribution in [2.75, 3.05) is 7.11 Å². The molecule has 3 unspecified atom stereocenters. The van der Waals surface area contributed by atoms with Gasteiger partial charge < -0.3 is 18.6 Å². The molecule has 0 amide bonds. The minimum Gasteiger partial charge on any atom is -0.496 e.